The van der Waals surface area contributed by atoms with Crippen LogP contribution >= 0.6 is 0 Å². The molecule has 1 aromatic heterocycles. The second-order valence-corrected chi connectivity index (χ2v) is 5.72. The third-order valence-electron chi connectivity index (χ3n) is 3.72. The molecular weight excluding hydrogens is 224 g/mol. The first kappa shape index (κ1) is 13.6. The fourth-order valence-corrected chi connectivity index (χ4v) is 2.74. The highest BCUT2D eigenvalue weighted by atomic mass is 15.1. The van der Waals surface area contributed by atoms with Crippen LogP contribution in [0.2, 0.25) is 0 Å². The fourth-order valence-electron chi connectivity index (χ4n) is 2.74. The maximum atomic E-state index is 4.33. The highest BCUT2D eigenvalue weighted by Gasteiger charge is 2.21. The first-order valence-electron chi connectivity index (χ1n) is 7.07. The van der Waals surface area contributed by atoms with E-state index < -0.39 is 0 Å². The van der Waals surface area contributed by atoms with Crippen LogP contribution in [0.3, 0.4) is 0 Å². The maximum Gasteiger partial charge on any atom is 0.0948 e. The fraction of sp³-hybridized carbons (Fsp3) is 0.786. The summed E-state index contributed by atoms with van der Waals surface area (Å²) in [7, 11) is 4.25. The summed E-state index contributed by atoms with van der Waals surface area (Å²) in [5.41, 5.74) is 1.36. The first-order valence-corrected chi connectivity index (χ1v) is 7.07. The lowest BCUT2D eigenvalue weighted by Crippen LogP contribution is -2.35. The Balaban J connectivity index is 1.94. The van der Waals surface area contributed by atoms with Crippen molar-refractivity contribution < 1.29 is 0 Å². The van der Waals surface area contributed by atoms with Crippen molar-refractivity contribution >= 4 is 0 Å². The molecule has 102 valence electrons. The lowest BCUT2D eigenvalue weighted by Gasteiger charge is -2.29. The van der Waals surface area contributed by atoms with Gasteiger partial charge in [0.2, 0.25) is 0 Å². The van der Waals surface area contributed by atoms with Gasteiger partial charge in [0.25, 0.3) is 0 Å². The SMILES string of the molecule is CC1CCCC(c2cncn2CCCN(C)C)N1. The molecule has 0 bridgehead atoms. The van der Waals surface area contributed by atoms with Crippen LogP contribution < -0.4 is 5.32 Å². The number of nitrogens with zero attached hydrogens (tertiary/aromatic N) is 3. The van der Waals surface area contributed by atoms with Gasteiger partial charge in [0, 0.05) is 24.8 Å². The zero-order valence-electron chi connectivity index (χ0n) is 11.9. The van der Waals surface area contributed by atoms with E-state index in [0.29, 0.717) is 12.1 Å². The average Bonchev–Trinajstić information content (AvgIpc) is 2.77. The van der Waals surface area contributed by atoms with Crippen molar-refractivity contribution in [3.8, 4) is 0 Å². The third-order valence-corrected chi connectivity index (χ3v) is 3.72. The minimum atomic E-state index is 0.496. The monoisotopic (exact) mass is 250 g/mol. The maximum absolute atomic E-state index is 4.33. The van der Waals surface area contributed by atoms with Gasteiger partial charge in [-0.25, -0.2) is 4.98 Å². The Morgan fingerprint density at radius 1 is 1.44 bits per heavy atom. The molecule has 2 unspecified atom stereocenters. The zero-order valence-corrected chi connectivity index (χ0v) is 11.9. The number of aromatic nitrogens is 2. The summed E-state index contributed by atoms with van der Waals surface area (Å²) in [4.78, 5) is 6.56. The molecule has 1 saturated heterocycles. The van der Waals surface area contributed by atoms with Gasteiger partial charge in [0.05, 0.1) is 12.0 Å². The molecule has 2 heterocycles. The predicted molar refractivity (Wildman–Crippen MR) is 74.6 cm³/mol. The molecule has 0 radical (unpaired) electrons. The molecule has 0 aliphatic carbocycles. The molecule has 0 amide bonds. The number of nitrogens with one attached hydrogen (secondary N) is 1. The number of hydrogen-bond donors (Lipinski definition) is 1. The molecule has 1 aliphatic heterocycles. The summed E-state index contributed by atoms with van der Waals surface area (Å²) < 4.78 is 2.32. The van der Waals surface area contributed by atoms with Crippen LogP contribution in [0, 0.1) is 0 Å². The van der Waals surface area contributed by atoms with E-state index in [1.807, 2.05) is 12.5 Å². The van der Waals surface area contributed by atoms with Gasteiger partial charge in [-0.05, 0) is 53.2 Å². The molecule has 2 rings (SSSR count). The molecule has 4 heteroatoms. The number of imidazole rings is 1. The van der Waals surface area contributed by atoms with E-state index in [1.54, 1.807) is 0 Å². The molecule has 0 spiro atoms. The second-order valence-electron chi connectivity index (χ2n) is 5.72. The topological polar surface area (TPSA) is 33.1 Å². The molecule has 0 aromatic carbocycles. The zero-order chi connectivity index (χ0) is 13.0. The lowest BCUT2D eigenvalue weighted by atomic mass is 9.97. The van der Waals surface area contributed by atoms with Crippen LogP contribution in [-0.2, 0) is 6.54 Å². The van der Waals surface area contributed by atoms with Crippen molar-refractivity contribution in [1.29, 1.82) is 0 Å². The van der Waals surface area contributed by atoms with Crippen molar-refractivity contribution in [2.24, 2.45) is 0 Å². The van der Waals surface area contributed by atoms with Crippen molar-refractivity contribution in [3.63, 3.8) is 0 Å². The summed E-state index contributed by atoms with van der Waals surface area (Å²) in [5.74, 6) is 0. The summed E-state index contributed by atoms with van der Waals surface area (Å²) in [5, 5.41) is 3.69. The molecule has 1 aromatic rings. The number of rotatable bonds is 5. The highest BCUT2D eigenvalue weighted by molar-refractivity contribution is 5.07. The highest BCUT2D eigenvalue weighted by Crippen LogP contribution is 2.25. The van der Waals surface area contributed by atoms with Gasteiger partial charge < -0.3 is 14.8 Å². The number of hydrogen-bond acceptors (Lipinski definition) is 3. The van der Waals surface area contributed by atoms with Crippen LogP contribution in [0.15, 0.2) is 12.5 Å². The van der Waals surface area contributed by atoms with Gasteiger partial charge in [0.1, 0.15) is 0 Å². The molecule has 1 fully saturated rings. The van der Waals surface area contributed by atoms with Crippen LogP contribution in [0.1, 0.15) is 44.3 Å². The summed E-state index contributed by atoms with van der Waals surface area (Å²) in [6, 6.07) is 1.13. The van der Waals surface area contributed by atoms with Crippen molar-refractivity contribution in [3.05, 3.63) is 18.2 Å². The van der Waals surface area contributed by atoms with E-state index in [-0.39, 0.29) is 0 Å². The minimum Gasteiger partial charge on any atom is -0.333 e. The van der Waals surface area contributed by atoms with Crippen molar-refractivity contribution in [1.82, 2.24) is 19.8 Å². The number of aryl methyl sites for hydroxylation is 1. The molecule has 4 nitrogen and oxygen atoms in total. The third kappa shape index (κ3) is 3.56. The first-order chi connectivity index (χ1) is 8.66. The molecular formula is C14H26N4. The molecule has 18 heavy (non-hydrogen) atoms. The van der Waals surface area contributed by atoms with Crippen LogP contribution in [0.25, 0.3) is 0 Å². The van der Waals surface area contributed by atoms with Gasteiger partial charge in [0.15, 0.2) is 0 Å². The minimum absolute atomic E-state index is 0.496. The lowest BCUT2D eigenvalue weighted by molar-refractivity contribution is 0.325. The van der Waals surface area contributed by atoms with Crippen LogP contribution in [0.4, 0.5) is 0 Å². The molecule has 1 N–H and O–H groups in total. The Hall–Kier alpha value is -0.870. The Labute approximate surface area is 110 Å². The largest absolute Gasteiger partial charge is 0.333 e. The summed E-state index contributed by atoms with van der Waals surface area (Å²) >= 11 is 0. The normalized spacial score (nSPS) is 24.7. The Morgan fingerprint density at radius 3 is 3.00 bits per heavy atom. The predicted octanol–water partition coefficient (Wildman–Crippen LogP) is 2.04. The molecule has 2 atom stereocenters. The van der Waals surface area contributed by atoms with E-state index in [2.05, 4.69) is 40.8 Å². The van der Waals surface area contributed by atoms with Gasteiger partial charge in [-0.15, -0.1) is 0 Å². The van der Waals surface area contributed by atoms with Crippen LogP contribution in [0.5, 0.6) is 0 Å². The van der Waals surface area contributed by atoms with E-state index in [4.69, 9.17) is 0 Å². The van der Waals surface area contributed by atoms with E-state index in [1.165, 1.54) is 31.4 Å². The van der Waals surface area contributed by atoms with E-state index in [0.717, 1.165) is 13.1 Å². The van der Waals surface area contributed by atoms with Gasteiger partial charge in [-0.2, -0.15) is 0 Å². The van der Waals surface area contributed by atoms with Crippen molar-refractivity contribution in [2.45, 2.75) is 51.2 Å². The van der Waals surface area contributed by atoms with Crippen molar-refractivity contribution in [2.75, 3.05) is 20.6 Å². The van der Waals surface area contributed by atoms with Gasteiger partial charge in [-0.3, -0.25) is 0 Å². The average molecular weight is 250 g/mol. The Morgan fingerprint density at radius 2 is 2.28 bits per heavy atom. The molecule has 1 aliphatic rings. The summed E-state index contributed by atoms with van der Waals surface area (Å²) in [6.07, 6.45) is 9.05. The second kappa shape index (κ2) is 6.34. The quantitative estimate of drug-likeness (QED) is 0.868. The van der Waals surface area contributed by atoms with Gasteiger partial charge in [-0.1, -0.05) is 0 Å². The van der Waals surface area contributed by atoms with Crippen LogP contribution in [-0.4, -0.2) is 41.1 Å². The van der Waals surface area contributed by atoms with Gasteiger partial charge >= 0.3 is 0 Å². The smallest absolute Gasteiger partial charge is 0.0948 e. The Bertz CT molecular complexity index is 358. The van der Waals surface area contributed by atoms with E-state index >= 15 is 0 Å². The van der Waals surface area contributed by atoms with E-state index in [9.17, 15) is 0 Å². The Kier molecular flexibility index (Phi) is 4.78. The number of piperidine rings is 1. The summed E-state index contributed by atoms with van der Waals surface area (Å²) in [6.45, 7) is 4.48. The molecule has 0 saturated carbocycles. The standard InChI is InChI=1S/C14H26N4/c1-12-6-4-7-13(16-12)14-10-15-11-18(14)9-5-8-17(2)3/h10-13,16H,4-9H2,1-3H3.